The van der Waals surface area contributed by atoms with E-state index in [9.17, 15) is 9.59 Å². The third-order valence-electron chi connectivity index (χ3n) is 7.37. The normalized spacial score (nSPS) is 15.5. The van der Waals surface area contributed by atoms with E-state index in [0.717, 1.165) is 57.4 Å². The Morgan fingerprint density at radius 2 is 1.72 bits per heavy atom. The summed E-state index contributed by atoms with van der Waals surface area (Å²) >= 11 is 1.50. The number of para-hydroxylation sites is 1. The first-order valence-corrected chi connectivity index (χ1v) is 13.2. The molecule has 0 bridgehead atoms. The maximum atomic E-state index is 13.9. The van der Waals surface area contributed by atoms with Gasteiger partial charge in [-0.25, -0.2) is 4.98 Å². The maximum Gasteiger partial charge on any atom is 0.257 e. The number of nitrogens with zero attached hydrogens (tertiary/aromatic N) is 1. The molecule has 36 heavy (non-hydrogen) atoms. The number of hydrogen-bond acceptors (Lipinski definition) is 4. The molecule has 2 aromatic carbocycles. The van der Waals surface area contributed by atoms with Crippen molar-refractivity contribution < 1.29 is 9.59 Å². The lowest BCUT2D eigenvalue weighted by molar-refractivity contribution is 0.1000. The number of primary amides is 1. The standard InChI is InChI=1S/C30H31N3O2S/c1-17-24(20-12-8-9-13-22(20)32-26(17)18-10-6-5-7-11-18)28(35)33-29-25(27(31)34)21-15-14-19(30(2,3)4)16-23(21)36-29/h5-13,19H,14-16H2,1-4H3,(H2,31,34)(H,33,35). The fourth-order valence-corrected chi connectivity index (χ4v) is 6.64. The molecular weight excluding hydrogens is 466 g/mol. The number of fused-ring (bicyclic) bond motifs is 2. The fourth-order valence-electron chi connectivity index (χ4n) is 5.32. The van der Waals surface area contributed by atoms with E-state index in [1.54, 1.807) is 0 Å². The zero-order valence-corrected chi connectivity index (χ0v) is 22.0. The van der Waals surface area contributed by atoms with Gasteiger partial charge in [-0.1, -0.05) is 69.3 Å². The van der Waals surface area contributed by atoms with Gasteiger partial charge in [-0.05, 0) is 54.7 Å². The Bertz CT molecular complexity index is 1480. The van der Waals surface area contributed by atoms with Crippen LogP contribution in [-0.4, -0.2) is 16.8 Å². The van der Waals surface area contributed by atoms with Crippen molar-refractivity contribution in [2.24, 2.45) is 17.1 Å². The van der Waals surface area contributed by atoms with Crippen molar-refractivity contribution in [1.82, 2.24) is 4.98 Å². The highest BCUT2D eigenvalue weighted by Crippen LogP contribution is 2.44. The molecule has 0 aliphatic heterocycles. The molecule has 1 atom stereocenters. The van der Waals surface area contributed by atoms with Crippen LogP contribution in [0.2, 0.25) is 0 Å². The summed E-state index contributed by atoms with van der Waals surface area (Å²) in [6.07, 6.45) is 2.71. The van der Waals surface area contributed by atoms with Crippen LogP contribution in [0.15, 0.2) is 54.6 Å². The molecule has 5 rings (SSSR count). The van der Waals surface area contributed by atoms with Crippen molar-refractivity contribution in [3.8, 4) is 11.3 Å². The monoisotopic (exact) mass is 497 g/mol. The number of anilines is 1. The van der Waals surface area contributed by atoms with E-state index in [-0.39, 0.29) is 11.3 Å². The molecule has 0 fully saturated rings. The zero-order chi connectivity index (χ0) is 25.6. The molecule has 1 unspecified atom stereocenters. The van der Waals surface area contributed by atoms with Crippen molar-refractivity contribution in [2.75, 3.05) is 5.32 Å². The van der Waals surface area contributed by atoms with Crippen molar-refractivity contribution in [3.05, 3.63) is 81.7 Å². The van der Waals surface area contributed by atoms with E-state index < -0.39 is 5.91 Å². The third kappa shape index (κ3) is 4.30. The van der Waals surface area contributed by atoms with Gasteiger partial charge in [-0.2, -0.15) is 0 Å². The third-order valence-corrected chi connectivity index (χ3v) is 8.54. The molecule has 0 saturated carbocycles. The number of rotatable bonds is 4. The summed E-state index contributed by atoms with van der Waals surface area (Å²) in [7, 11) is 0. The second kappa shape index (κ2) is 9.17. The lowest BCUT2D eigenvalue weighted by Crippen LogP contribution is -2.27. The summed E-state index contributed by atoms with van der Waals surface area (Å²) in [5.74, 6) is -0.220. The molecule has 4 aromatic rings. The SMILES string of the molecule is Cc1c(-c2ccccc2)nc2ccccc2c1C(=O)Nc1sc2c(c1C(N)=O)CCC(C(C)(C)C)C2. The molecule has 6 heteroatoms. The van der Waals surface area contributed by atoms with Gasteiger partial charge < -0.3 is 11.1 Å². The van der Waals surface area contributed by atoms with Gasteiger partial charge >= 0.3 is 0 Å². The molecule has 3 N–H and O–H groups in total. The minimum absolute atomic E-state index is 0.179. The molecule has 184 valence electrons. The zero-order valence-electron chi connectivity index (χ0n) is 21.1. The number of thiophene rings is 1. The molecule has 0 radical (unpaired) electrons. The fraction of sp³-hybridized carbons (Fsp3) is 0.300. The summed E-state index contributed by atoms with van der Waals surface area (Å²) in [6, 6.07) is 17.5. The average molecular weight is 498 g/mol. The molecule has 0 saturated heterocycles. The van der Waals surface area contributed by atoms with Gasteiger partial charge in [0.1, 0.15) is 5.00 Å². The number of carbonyl (C=O) groups excluding carboxylic acids is 2. The molecule has 2 aromatic heterocycles. The Kier molecular flexibility index (Phi) is 6.17. The van der Waals surface area contributed by atoms with E-state index in [1.165, 1.54) is 11.3 Å². The van der Waals surface area contributed by atoms with Crippen LogP contribution in [0, 0.1) is 18.3 Å². The van der Waals surface area contributed by atoms with E-state index >= 15 is 0 Å². The van der Waals surface area contributed by atoms with Crippen LogP contribution < -0.4 is 11.1 Å². The Balaban J connectivity index is 1.59. The number of amides is 2. The summed E-state index contributed by atoms with van der Waals surface area (Å²) in [5.41, 5.74) is 11.3. The summed E-state index contributed by atoms with van der Waals surface area (Å²) in [5, 5.41) is 4.41. The largest absolute Gasteiger partial charge is 0.365 e. The lowest BCUT2D eigenvalue weighted by Gasteiger charge is -2.33. The number of carbonyl (C=O) groups is 2. The smallest absolute Gasteiger partial charge is 0.257 e. The minimum atomic E-state index is -0.488. The summed E-state index contributed by atoms with van der Waals surface area (Å²) in [4.78, 5) is 32.4. The first-order chi connectivity index (χ1) is 17.1. The Morgan fingerprint density at radius 1 is 1.03 bits per heavy atom. The van der Waals surface area contributed by atoms with Crippen LogP contribution in [0.5, 0.6) is 0 Å². The van der Waals surface area contributed by atoms with Gasteiger partial charge in [-0.3, -0.25) is 9.59 Å². The van der Waals surface area contributed by atoms with Gasteiger partial charge in [0.05, 0.1) is 22.3 Å². The van der Waals surface area contributed by atoms with Crippen LogP contribution in [0.25, 0.3) is 22.2 Å². The van der Waals surface area contributed by atoms with Crippen molar-refractivity contribution in [3.63, 3.8) is 0 Å². The lowest BCUT2D eigenvalue weighted by atomic mass is 9.72. The van der Waals surface area contributed by atoms with E-state index in [0.29, 0.717) is 22.0 Å². The molecule has 0 spiro atoms. The average Bonchev–Trinajstić information content (AvgIpc) is 3.20. The van der Waals surface area contributed by atoms with Crippen LogP contribution >= 0.6 is 11.3 Å². The second-order valence-electron chi connectivity index (χ2n) is 10.7. The second-order valence-corrected chi connectivity index (χ2v) is 11.8. The Morgan fingerprint density at radius 3 is 2.42 bits per heavy atom. The quantitative estimate of drug-likeness (QED) is 0.326. The number of aromatic nitrogens is 1. The van der Waals surface area contributed by atoms with Crippen LogP contribution in [-0.2, 0) is 12.8 Å². The highest BCUT2D eigenvalue weighted by molar-refractivity contribution is 7.17. The summed E-state index contributed by atoms with van der Waals surface area (Å²) < 4.78 is 0. The topological polar surface area (TPSA) is 85.1 Å². The van der Waals surface area contributed by atoms with Crippen LogP contribution in [0.3, 0.4) is 0 Å². The van der Waals surface area contributed by atoms with E-state index in [1.807, 2.05) is 61.5 Å². The maximum absolute atomic E-state index is 13.9. The van der Waals surface area contributed by atoms with Crippen LogP contribution in [0.1, 0.15) is 63.9 Å². The van der Waals surface area contributed by atoms with Gasteiger partial charge in [-0.15, -0.1) is 11.3 Å². The molecule has 5 nitrogen and oxygen atoms in total. The predicted molar refractivity (Wildman–Crippen MR) is 148 cm³/mol. The predicted octanol–water partition coefficient (Wildman–Crippen LogP) is 6.77. The molecule has 1 aliphatic carbocycles. The first kappa shape index (κ1) is 24.2. The van der Waals surface area contributed by atoms with E-state index in [4.69, 9.17) is 10.7 Å². The number of nitrogens with one attached hydrogen (secondary N) is 1. The van der Waals surface area contributed by atoms with E-state index in [2.05, 4.69) is 26.1 Å². The highest BCUT2D eigenvalue weighted by Gasteiger charge is 2.34. The number of nitrogens with two attached hydrogens (primary N) is 1. The van der Waals surface area contributed by atoms with Gasteiger partial charge in [0.15, 0.2) is 0 Å². The number of hydrogen-bond donors (Lipinski definition) is 2. The highest BCUT2D eigenvalue weighted by atomic mass is 32.1. The van der Waals surface area contributed by atoms with Gasteiger partial charge in [0, 0.05) is 15.8 Å². The molecule has 1 aliphatic rings. The van der Waals surface area contributed by atoms with Gasteiger partial charge in [0.25, 0.3) is 11.8 Å². The van der Waals surface area contributed by atoms with Crippen molar-refractivity contribution in [2.45, 2.75) is 47.0 Å². The van der Waals surface area contributed by atoms with Crippen molar-refractivity contribution in [1.29, 1.82) is 0 Å². The first-order valence-electron chi connectivity index (χ1n) is 12.4. The van der Waals surface area contributed by atoms with Crippen molar-refractivity contribution >= 4 is 39.1 Å². The number of benzene rings is 2. The Labute approximate surface area is 215 Å². The molecule has 2 heterocycles. The van der Waals surface area contributed by atoms with Crippen LogP contribution in [0.4, 0.5) is 5.00 Å². The van der Waals surface area contributed by atoms with Gasteiger partial charge in [0.2, 0.25) is 0 Å². The minimum Gasteiger partial charge on any atom is -0.365 e. The summed E-state index contributed by atoms with van der Waals surface area (Å²) in [6.45, 7) is 8.71. The molecular formula is C30H31N3O2S. The number of pyridine rings is 1. The molecule has 2 amide bonds. The Hall–Kier alpha value is -3.51.